The van der Waals surface area contributed by atoms with Crippen molar-refractivity contribution in [3.05, 3.63) is 75.7 Å². The Bertz CT molecular complexity index is 1070. The van der Waals surface area contributed by atoms with Crippen LogP contribution < -0.4 is 16.4 Å². The molecule has 0 aliphatic carbocycles. The fourth-order valence-electron chi connectivity index (χ4n) is 2.40. The highest BCUT2D eigenvalue weighted by atomic mass is 19.1. The van der Waals surface area contributed by atoms with E-state index >= 15 is 0 Å². The number of carbonyl (C=O) groups excluding carboxylic acids is 2. The average Bonchev–Trinajstić information content (AvgIpc) is 2.61. The van der Waals surface area contributed by atoms with E-state index in [2.05, 4.69) is 16.0 Å². The van der Waals surface area contributed by atoms with E-state index in [1.807, 2.05) is 0 Å². The molecule has 0 aliphatic heterocycles. The summed E-state index contributed by atoms with van der Waals surface area (Å²) in [5.41, 5.74) is 3.39. The normalized spacial score (nSPS) is 10.6. The van der Waals surface area contributed by atoms with Crippen molar-refractivity contribution in [1.29, 1.82) is 0 Å². The van der Waals surface area contributed by atoms with Crippen molar-refractivity contribution in [3.8, 4) is 0 Å². The van der Waals surface area contributed by atoms with Crippen LogP contribution in [0.2, 0.25) is 0 Å². The first-order chi connectivity index (χ1) is 12.4. The van der Waals surface area contributed by atoms with E-state index in [0.29, 0.717) is 11.5 Å². The second-order valence-electron chi connectivity index (χ2n) is 5.39. The van der Waals surface area contributed by atoms with Crippen molar-refractivity contribution in [2.75, 3.05) is 0 Å². The number of hydrazine groups is 1. The van der Waals surface area contributed by atoms with Crippen molar-refractivity contribution in [2.45, 2.75) is 0 Å². The fourth-order valence-corrected chi connectivity index (χ4v) is 2.40. The first-order valence-corrected chi connectivity index (χ1v) is 7.39. The maximum Gasteiger partial charge on any atom is 0.290 e. The van der Waals surface area contributed by atoms with Crippen LogP contribution in [0.4, 0.5) is 8.78 Å². The number of aryl methyl sites for hydroxylation is 1. The highest BCUT2D eigenvalue weighted by Gasteiger charge is 2.17. The van der Waals surface area contributed by atoms with Gasteiger partial charge in [0.2, 0.25) is 0 Å². The van der Waals surface area contributed by atoms with Crippen LogP contribution >= 0.6 is 0 Å². The van der Waals surface area contributed by atoms with Gasteiger partial charge in [0.05, 0.1) is 5.39 Å². The molecule has 9 heteroatoms. The number of nitrogens with one attached hydrogen (secondary N) is 2. The predicted octanol–water partition coefficient (Wildman–Crippen LogP) is 1.29. The summed E-state index contributed by atoms with van der Waals surface area (Å²) in [4.78, 5) is 36.3. The van der Waals surface area contributed by atoms with E-state index in [0.717, 1.165) is 16.8 Å². The molecule has 0 saturated heterocycles. The number of rotatable bonds is 2. The molecule has 1 aromatic heterocycles. The molecule has 0 saturated carbocycles. The molecule has 0 radical (unpaired) electrons. The maximum absolute atomic E-state index is 13.2. The zero-order valence-electron chi connectivity index (χ0n) is 13.4. The third-order valence-corrected chi connectivity index (χ3v) is 3.59. The van der Waals surface area contributed by atoms with Gasteiger partial charge in [-0.3, -0.25) is 25.2 Å². The summed E-state index contributed by atoms with van der Waals surface area (Å²) in [6, 6.07) is 8.64. The molecule has 0 aliphatic rings. The van der Waals surface area contributed by atoms with Gasteiger partial charge in [-0.05, 0) is 18.2 Å². The van der Waals surface area contributed by atoms with Crippen LogP contribution in [-0.4, -0.2) is 21.6 Å². The van der Waals surface area contributed by atoms with Crippen LogP contribution in [0.1, 0.15) is 20.8 Å². The number of amides is 2. The molecule has 3 rings (SSSR count). The first kappa shape index (κ1) is 17.2. The lowest BCUT2D eigenvalue weighted by Gasteiger charge is -2.10. The molecule has 3 aromatic rings. The van der Waals surface area contributed by atoms with E-state index in [1.54, 1.807) is 24.3 Å². The highest BCUT2D eigenvalue weighted by molar-refractivity contribution is 6.06. The van der Waals surface area contributed by atoms with Gasteiger partial charge in [0.1, 0.15) is 11.6 Å². The van der Waals surface area contributed by atoms with Crippen molar-refractivity contribution >= 4 is 22.6 Å². The van der Waals surface area contributed by atoms with E-state index in [1.165, 1.54) is 7.05 Å². The minimum absolute atomic E-state index is 0.0894. The molecular formula is C17H12F2N4O3. The minimum atomic E-state index is -0.924. The Morgan fingerprint density at radius 1 is 0.962 bits per heavy atom. The van der Waals surface area contributed by atoms with Gasteiger partial charge in [0.25, 0.3) is 17.4 Å². The molecule has 7 nitrogen and oxygen atoms in total. The number of fused-ring (bicyclic) bond motifs is 1. The van der Waals surface area contributed by atoms with Crippen molar-refractivity contribution in [2.24, 2.45) is 7.05 Å². The Morgan fingerprint density at radius 3 is 2.19 bits per heavy atom. The second kappa shape index (κ2) is 6.71. The number of benzene rings is 2. The molecule has 2 aromatic carbocycles. The largest absolute Gasteiger partial charge is 0.290 e. The van der Waals surface area contributed by atoms with Crippen LogP contribution in [-0.2, 0) is 7.05 Å². The van der Waals surface area contributed by atoms with Crippen LogP contribution in [0.5, 0.6) is 0 Å². The summed E-state index contributed by atoms with van der Waals surface area (Å²) in [6.45, 7) is 0. The molecule has 0 bridgehead atoms. The van der Waals surface area contributed by atoms with E-state index in [-0.39, 0.29) is 22.2 Å². The summed E-state index contributed by atoms with van der Waals surface area (Å²) in [5, 5.41) is 4.49. The van der Waals surface area contributed by atoms with Crippen LogP contribution in [0.15, 0.2) is 47.3 Å². The SMILES string of the molecule is Cn1nc(C(=O)NNC(=O)c2cc(F)cc(F)c2)c2ccccc2c1=O. The van der Waals surface area contributed by atoms with Gasteiger partial charge < -0.3 is 0 Å². The van der Waals surface area contributed by atoms with E-state index in [4.69, 9.17) is 0 Å². The van der Waals surface area contributed by atoms with Crippen LogP contribution in [0.25, 0.3) is 10.8 Å². The molecule has 26 heavy (non-hydrogen) atoms. The third-order valence-electron chi connectivity index (χ3n) is 3.59. The first-order valence-electron chi connectivity index (χ1n) is 7.39. The molecule has 0 fully saturated rings. The molecule has 132 valence electrons. The Hall–Kier alpha value is -3.62. The van der Waals surface area contributed by atoms with Crippen molar-refractivity contribution in [1.82, 2.24) is 20.6 Å². The lowest BCUT2D eigenvalue weighted by Crippen LogP contribution is -2.42. The number of carbonyl (C=O) groups is 2. The second-order valence-corrected chi connectivity index (χ2v) is 5.39. The highest BCUT2D eigenvalue weighted by Crippen LogP contribution is 2.12. The van der Waals surface area contributed by atoms with Gasteiger partial charge in [-0.1, -0.05) is 18.2 Å². The predicted molar refractivity (Wildman–Crippen MR) is 88.3 cm³/mol. The van der Waals surface area contributed by atoms with Gasteiger partial charge in [0.15, 0.2) is 5.69 Å². The smallest absolute Gasteiger partial charge is 0.267 e. The Balaban J connectivity index is 1.85. The molecule has 0 spiro atoms. The van der Waals surface area contributed by atoms with E-state index < -0.39 is 23.4 Å². The zero-order valence-corrected chi connectivity index (χ0v) is 13.4. The number of aromatic nitrogens is 2. The minimum Gasteiger partial charge on any atom is -0.267 e. The summed E-state index contributed by atoms with van der Waals surface area (Å²) in [7, 11) is 1.39. The molecular weight excluding hydrogens is 346 g/mol. The van der Waals surface area contributed by atoms with Gasteiger partial charge in [-0.25, -0.2) is 13.5 Å². The standard InChI is InChI=1S/C17H12F2N4O3/c1-23-17(26)13-5-3-2-4-12(13)14(22-23)16(25)21-20-15(24)9-6-10(18)8-11(19)7-9/h2-8H,1H3,(H,20,24)(H,21,25). The molecule has 2 N–H and O–H groups in total. The Labute approximate surface area is 145 Å². The molecule has 1 heterocycles. The molecule has 2 amide bonds. The maximum atomic E-state index is 13.2. The van der Waals surface area contributed by atoms with Gasteiger partial charge in [0, 0.05) is 24.1 Å². The Kier molecular flexibility index (Phi) is 4.44. The fraction of sp³-hybridized carbons (Fsp3) is 0.0588. The van der Waals surface area contributed by atoms with Crippen LogP contribution in [0, 0.1) is 11.6 Å². The monoisotopic (exact) mass is 358 g/mol. The molecule has 0 unspecified atom stereocenters. The number of halogens is 2. The van der Waals surface area contributed by atoms with E-state index in [9.17, 15) is 23.2 Å². The number of hydrogen-bond donors (Lipinski definition) is 2. The van der Waals surface area contributed by atoms with Gasteiger partial charge in [-0.15, -0.1) is 0 Å². The number of nitrogens with zero attached hydrogens (tertiary/aromatic N) is 2. The molecule has 0 atom stereocenters. The summed E-state index contributed by atoms with van der Waals surface area (Å²) >= 11 is 0. The zero-order chi connectivity index (χ0) is 18.8. The summed E-state index contributed by atoms with van der Waals surface area (Å²) in [5.74, 6) is -3.55. The lowest BCUT2D eigenvalue weighted by atomic mass is 10.1. The lowest BCUT2D eigenvalue weighted by molar-refractivity contribution is 0.0843. The third kappa shape index (κ3) is 3.27. The Morgan fingerprint density at radius 2 is 1.54 bits per heavy atom. The quantitative estimate of drug-likeness (QED) is 0.675. The number of hydrogen-bond acceptors (Lipinski definition) is 4. The summed E-state index contributed by atoms with van der Waals surface area (Å²) < 4.78 is 27.3. The topological polar surface area (TPSA) is 93.1 Å². The van der Waals surface area contributed by atoms with Crippen LogP contribution in [0.3, 0.4) is 0 Å². The van der Waals surface area contributed by atoms with Crippen molar-refractivity contribution in [3.63, 3.8) is 0 Å². The van der Waals surface area contributed by atoms with Gasteiger partial charge in [-0.2, -0.15) is 5.10 Å². The average molecular weight is 358 g/mol. The van der Waals surface area contributed by atoms with Gasteiger partial charge >= 0.3 is 0 Å². The summed E-state index contributed by atoms with van der Waals surface area (Å²) in [6.07, 6.45) is 0. The van der Waals surface area contributed by atoms with Crippen molar-refractivity contribution < 1.29 is 18.4 Å².